The van der Waals surface area contributed by atoms with Crippen molar-refractivity contribution in [2.24, 2.45) is 5.92 Å². The predicted octanol–water partition coefficient (Wildman–Crippen LogP) is 4.01. The van der Waals surface area contributed by atoms with Crippen molar-refractivity contribution >= 4 is 0 Å². The highest BCUT2D eigenvalue weighted by atomic mass is 19.4. The van der Waals surface area contributed by atoms with E-state index in [0.717, 1.165) is 0 Å². The fourth-order valence-electron chi connectivity index (χ4n) is 0.539. The van der Waals surface area contributed by atoms with E-state index >= 15 is 0 Å². The van der Waals surface area contributed by atoms with Crippen LogP contribution in [0.1, 0.15) is 40.5 Å². The van der Waals surface area contributed by atoms with Crippen molar-refractivity contribution in [3.8, 4) is 0 Å². The summed E-state index contributed by atoms with van der Waals surface area (Å²) in [6.07, 6.45) is -4.03. The molecule has 0 aliphatic rings. The molecule has 0 aromatic rings. The van der Waals surface area contributed by atoms with Crippen molar-refractivity contribution in [1.29, 1.82) is 0 Å². The van der Waals surface area contributed by atoms with Gasteiger partial charge in [-0.25, -0.2) is 0 Å². The summed E-state index contributed by atoms with van der Waals surface area (Å²) in [5, 5.41) is 0. The van der Waals surface area contributed by atoms with Crippen LogP contribution in [-0.2, 0) is 0 Å². The molecule has 1 unspecified atom stereocenters. The summed E-state index contributed by atoms with van der Waals surface area (Å²) in [6.45, 7) is 7.36. The van der Waals surface area contributed by atoms with Crippen molar-refractivity contribution in [1.82, 2.24) is 0 Å². The minimum absolute atomic E-state index is 0.231. The lowest BCUT2D eigenvalue weighted by atomic mass is 10.1. The molecule has 1 atom stereocenters. The summed E-state index contributed by atoms with van der Waals surface area (Å²) < 4.78 is 34.5. The smallest absolute Gasteiger partial charge is 0.171 e. The molecule has 0 radical (unpaired) electrons. The zero-order valence-electron chi connectivity index (χ0n) is 7.63. The van der Waals surface area contributed by atoms with Crippen LogP contribution in [0.3, 0.4) is 0 Å². The third kappa shape index (κ3) is 12.9. The van der Waals surface area contributed by atoms with Gasteiger partial charge in [-0.05, 0) is 5.92 Å². The molecule has 0 aromatic carbocycles. The maximum atomic E-state index is 11.5. The van der Waals surface area contributed by atoms with E-state index in [2.05, 4.69) is 0 Å². The van der Waals surface area contributed by atoms with E-state index in [9.17, 15) is 13.2 Å². The molecule has 70 valence electrons. The minimum atomic E-state index is -3.98. The topological polar surface area (TPSA) is 0 Å². The first kappa shape index (κ1) is 13.4. The van der Waals surface area contributed by atoms with Gasteiger partial charge in [0.25, 0.3) is 0 Å². The van der Waals surface area contributed by atoms with Gasteiger partial charge in [-0.15, -0.1) is 0 Å². The zero-order valence-corrected chi connectivity index (χ0v) is 7.63. The second-order valence-corrected chi connectivity index (χ2v) is 2.33. The van der Waals surface area contributed by atoms with Crippen molar-refractivity contribution in [3.05, 3.63) is 0 Å². The minimum Gasteiger partial charge on any atom is -0.171 e. The SMILES string of the molecule is CC.CCC(C)CC(F)(F)F. The first-order valence-corrected chi connectivity index (χ1v) is 4.02. The maximum Gasteiger partial charge on any atom is 0.389 e. The number of rotatable bonds is 2. The second-order valence-electron chi connectivity index (χ2n) is 2.33. The normalized spacial score (nSPS) is 13.4. The van der Waals surface area contributed by atoms with Crippen LogP contribution in [-0.4, -0.2) is 6.18 Å². The molecule has 0 heterocycles. The van der Waals surface area contributed by atoms with Crippen molar-refractivity contribution < 1.29 is 13.2 Å². The van der Waals surface area contributed by atoms with Crippen LogP contribution < -0.4 is 0 Å². The average molecular weight is 170 g/mol. The molecule has 11 heavy (non-hydrogen) atoms. The van der Waals surface area contributed by atoms with Crippen molar-refractivity contribution in [2.75, 3.05) is 0 Å². The molecular formula is C8H17F3. The Hall–Kier alpha value is -0.210. The Morgan fingerprint density at radius 1 is 1.18 bits per heavy atom. The molecule has 0 spiro atoms. The number of hydrogen-bond donors (Lipinski definition) is 0. The Balaban J connectivity index is 0. The fraction of sp³-hybridized carbons (Fsp3) is 1.00. The van der Waals surface area contributed by atoms with Crippen LogP contribution in [0.2, 0.25) is 0 Å². The molecule has 0 aliphatic carbocycles. The van der Waals surface area contributed by atoms with Crippen LogP contribution in [0.5, 0.6) is 0 Å². The van der Waals surface area contributed by atoms with Crippen molar-refractivity contribution in [3.63, 3.8) is 0 Å². The standard InChI is InChI=1S/C6H11F3.C2H6/c1-3-5(2)4-6(7,8)9;1-2/h5H,3-4H2,1-2H3;1-2H3. The number of halogens is 3. The van der Waals surface area contributed by atoms with E-state index in [0.29, 0.717) is 6.42 Å². The molecule has 0 aromatic heterocycles. The number of hydrogen-bond acceptors (Lipinski definition) is 0. The molecule has 0 saturated heterocycles. The summed E-state index contributed by atoms with van der Waals surface area (Å²) in [5.74, 6) is -0.231. The Morgan fingerprint density at radius 3 is 1.64 bits per heavy atom. The molecule has 0 fully saturated rings. The van der Waals surface area contributed by atoms with E-state index in [1.165, 1.54) is 0 Å². The van der Waals surface area contributed by atoms with E-state index in [1.807, 2.05) is 13.8 Å². The van der Waals surface area contributed by atoms with Gasteiger partial charge >= 0.3 is 6.18 Å². The van der Waals surface area contributed by atoms with Gasteiger partial charge in [0.05, 0.1) is 0 Å². The maximum absolute atomic E-state index is 11.5. The largest absolute Gasteiger partial charge is 0.389 e. The number of alkyl halides is 3. The molecule has 0 rings (SSSR count). The quantitative estimate of drug-likeness (QED) is 0.587. The van der Waals surface area contributed by atoms with E-state index in [4.69, 9.17) is 0 Å². The lowest BCUT2D eigenvalue weighted by Gasteiger charge is -2.10. The Bertz CT molecular complexity index is 75.9. The summed E-state index contributed by atoms with van der Waals surface area (Å²) in [4.78, 5) is 0. The fourth-order valence-corrected chi connectivity index (χ4v) is 0.539. The van der Waals surface area contributed by atoms with Crippen LogP contribution >= 0.6 is 0 Å². The van der Waals surface area contributed by atoms with Gasteiger partial charge < -0.3 is 0 Å². The molecular weight excluding hydrogens is 153 g/mol. The summed E-state index contributed by atoms with van der Waals surface area (Å²) in [5.41, 5.74) is 0. The van der Waals surface area contributed by atoms with Crippen molar-refractivity contribution in [2.45, 2.75) is 46.7 Å². The van der Waals surface area contributed by atoms with Crippen LogP contribution in [0.25, 0.3) is 0 Å². The highest BCUT2D eigenvalue weighted by Crippen LogP contribution is 2.25. The summed E-state index contributed by atoms with van der Waals surface area (Å²) in [6, 6.07) is 0. The molecule has 0 bridgehead atoms. The Morgan fingerprint density at radius 2 is 1.55 bits per heavy atom. The van der Waals surface area contributed by atoms with Gasteiger partial charge in [-0.1, -0.05) is 34.1 Å². The van der Waals surface area contributed by atoms with Crippen LogP contribution in [0.15, 0.2) is 0 Å². The Labute approximate surface area is 66.8 Å². The molecule has 0 N–H and O–H groups in total. The highest BCUT2D eigenvalue weighted by Gasteiger charge is 2.28. The molecule has 0 amide bonds. The predicted molar refractivity (Wildman–Crippen MR) is 41.5 cm³/mol. The first-order chi connectivity index (χ1) is 4.95. The summed E-state index contributed by atoms with van der Waals surface area (Å²) >= 11 is 0. The van der Waals surface area contributed by atoms with Crippen LogP contribution in [0.4, 0.5) is 13.2 Å². The van der Waals surface area contributed by atoms with E-state index in [1.54, 1.807) is 13.8 Å². The third-order valence-corrected chi connectivity index (χ3v) is 1.28. The lowest BCUT2D eigenvalue weighted by Crippen LogP contribution is -2.12. The third-order valence-electron chi connectivity index (χ3n) is 1.28. The van der Waals surface area contributed by atoms with Gasteiger partial charge in [-0.2, -0.15) is 13.2 Å². The van der Waals surface area contributed by atoms with Gasteiger partial charge in [0, 0.05) is 6.42 Å². The monoisotopic (exact) mass is 170 g/mol. The van der Waals surface area contributed by atoms with Gasteiger partial charge in [0.2, 0.25) is 0 Å². The Kier molecular flexibility index (Phi) is 7.91. The molecule has 3 heteroatoms. The molecule has 0 nitrogen and oxygen atoms in total. The van der Waals surface area contributed by atoms with Gasteiger partial charge in [0.1, 0.15) is 0 Å². The highest BCUT2D eigenvalue weighted by molar-refractivity contribution is 4.56. The molecule has 0 saturated carbocycles. The van der Waals surface area contributed by atoms with E-state index < -0.39 is 12.6 Å². The first-order valence-electron chi connectivity index (χ1n) is 4.02. The second kappa shape index (κ2) is 6.50. The van der Waals surface area contributed by atoms with Gasteiger partial charge in [-0.3, -0.25) is 0 Å². The zero-order chi connectivity index (χ0) is 9.49. The van der Waals surface area contributed by atoms with Gasteiger partial charge in [0.15, 0.2) is 0 Å². The van der Waals surface area contributed by atoms with E-state index in [-0.39, 0.29) is 5.92 Å². The lowest BCUT2D eigenvalue weighted by molar-refractivity contribution is -0.143. The summed E-state index contributed by atoms with van der Waals surface area (Å²) in [7, 11) is 0. The van der Waals surface area contributed by atoms with Crippen LogP contribution in [0, 0.1) is 5.92 Å². The average Bonchev–Trinajstić information content (AvgIpc) is 1.89. The molecule has 0 aliphatic heterocycles.